The van der Waals surface area contributed by atoms with Gasteiger partial charge in [-0.05, 0) is 39.0 Å². The highest BCUT2D eigenvalue weighted by atomic mass is 16.3. The van der Waals surface area contributed by atoms with Crippen molar-refractivity contribution in [2.45, 2.75) is 32.9 Å². The summed E-state index contributed by atoms with van der Waals surface area (Å²) in [6.45, 7) is 8.01. The normalized spacial score (nSPS) is 19.1. The first kappa shape index (κ1) is 19.4. The number of hydrogen-bond donors (Lipinski definition) is 2. The zero-order valence-electron chi connectivity index (χ0n) is 17.7. The molecule has 9 nitrogen and oxygen atoms in total. The van der Waals surface area contributed by atoms with Crippen molar-refractivity contribution in [3.63, 3.8) is 0 Å². The van der Waals surface area contributed by atoms with Gasteiger partial charge in [0, 0.05) is 61.1 Å². The van der Waals surface area contributed by atoms with Gasteiger partial charge in [0.05, 0.1) is 5.69 Å². The van der Waals surface area contributed by atoms with E-state index in [1.54, 1.807) is 18.5 Å². The maximum absolute atomic E-state index is 10.6. The minimum Gasteiger partial charge on any atom is -0.506 e. The van der Waals surface area contributed by atoms with Crippen LogP contribution in [-0.2, 0) is 0 Å². The average molecular weight is 416 g/mol. The predicted molar refractivity (Wildman–Crippen MR) is 118 cm³/mol. The maximum atomic E-state index is 10.6. The number of aromatic hydroxyl groups is 1. The fraction of sp³-hybridized carbons (Fsp3) is 0.318. The number of aromatic nitrogens is 6. The largest absolute Gasteiger partial charge is 0.506 e. The van der Waals surface area contributed by atoms with E-state index in [4.69, 9.17) is 0 Å². The Hall–Kier alpha value is -3.59. The van der Waals surface area contributed by atoms with Crippen molar-refractivity contribution >= 4 is 11.6 Å². The summed E-state index contributed by atoms with van der Waals surface area (Å²) in [5, 5.41) is 22.8. The van der Waals surface area contributed by atoms with Crippen LogP contribution in [0.3, 0.4) is 0 Å². The highest BCUT2D eigenvalue weighted by Gasteiger charge is 2.22. The molecular weight excluding hydrogens is 392 g/mol. The quantitative estimate of drug-likeness (QED) is 0.525. The molecule has 2 atom stereocenters. The lowest BCUT2D eigenvalue weighted by atomic mass is 10.1. The smallest absolute Gasteiger partial charge is 0.233 e. The minimum absolute atomic E-state index is 0.0471. The lowest BCUT2D eigenvalue weighted by Crippen LogP contribution is -2.54. The number of aryl methyl sites for hydroxylation is 1. The molecule has 2 N–H and O–H groups in total. The number of fused-ring (bicyclic) bond motifs is 1. The van der Waals surface area contributed by atoms with Gasteiger partial charge in [-0.1, -0.05) is 0 Å². The van der Waals surface area contributed by atoms with Crippen molar-refractivity contribution in [3.8, 4) is 28.3 Å². The highest BCUT2D eigenvalue weighted by molar-refractivity contribution is 5.70. The van der Waals surface area contributed by atoms with Gasteiger partial charge in [-0.2, -0.15) is 0 Å². The van der Waals surface area contributed by atoms with Gasteiger partial charge in [-0.3, -0.25) is 4.40 Å². The molecule has 1 aliphatic heterocycles. The molecule has 4 aromatic rings. The molecule has 1 aliphatic rings. The number of nitrogens with one attached hydrogen (secondary N) is 1. The van der Waals surface area contributed by atoms with Crippen molar-refractivity contribution in [1.29, 1.82) is 0 Å². The van der Waals surface area contributed by atoms with Crippen LogP contribution in [0.15, 0.2) is 43.0 Å². The molecule has 9 heteroatoms. The zero-order chi connectivity index (χ0) is 21.5. The number of anilines is 1. The standard InChI is InChI=1S/C22H24N8O/c1-13-9-29(10-14(2)25-13)20-5-4-18(27-28-20)21-19(31)6-16(7-23-21)17-8-24-22-26-15(3)11-30(22)12-17/h4-8,11-14,25,31H,9-10H2,1-3H3/t13-,14+. The third-order valence-electron chi connectivity index (χ3n) is 5.41. The van der Waals surface area contributed by atoms with E-state index in [1.807, 2.05) is 35.9 Å². The SMILES string of the molecule is Cc1cn2cc(-c3cnc(-c4ccc(N5C[C@@H](C)N[C@@H](C)C5)nn4)c(O)c3)cnc2n1. The number of piperazine rings is 1. The molecule has 0 amide bonds. The first-order chi connectivity index (χ1) is 15.0. The first-order valence-electron chi connectivity index (χ1n) is 10.3. The molecule has 158 valence electrons. The summed E-state index contributed by atoms with van der Waals surface area (Å²) >= 11 is 0. The number of rotatable bonds is 3. The molecule has 5 rings (SSSR count). The van der Waals surface area contributed by atoms with Crippen molar-refractivity contribution in [1.82, 2.24) is 34.9 Å². The molecule has 0 aliphatic carbocycles. The molecule has 1 saturated heterocycles. The van der Waals surface area contributed by atoms with E-state index in [2.05, 4.69) is 49.2 Å². The lowest BCUT2D eigenvalue weighted by Gasteiger charge is -2.36. The number of hydrogen-bond acceptors (Lipinski definition) is 8. The second-order valence-electron chi connectivity index (χ2n) is 8.17. The van der Waals surface area contributed by atoms with Crippen LogP contribution in [0, 0.1) is 6.92 Å². The van der Waals surface area contributed by atoms with E-state index in [0.717, 1.165) is 35.7 Å². The fourth-order valence-electron chi connectivity index (χ4n) is 4.10. The van der Waals surface area contributed by atoms with Crippen molar-refractivity contribution < 1.29 is 5.11 Å². The van der Waals surface area contributed by atoms with Gasteiger partial charge in [0.15, 0.2) is 5.82 Å². The summed E-state index contributed by atoms with van der Waals surface area (Å²) < 4.78 is 1.86. The molecule has 0 bridgehead atoms. The van der Waals surface area contributed by atoms with Crippen molar-refractivity contribution in [2.24, 2.45) is 0 Å². The Bertz CT molecular complexity index is 1230. The molecule has 0 saturated carbocycles. The van der Waals surface area contributed by atoms with E-state index in [0.29, 0.717) is 29.2 Å². The van der Waals surface area contributed by atoms with E-state index < -0.39 is 0 Å². The van der Waals surface area contributed by atoms with Crippen LogP contribution < -0.4 is 10.2 Å². The zero-order valence-corrected chi connectivity index (χ0v) is 17.7. The predicted octanol–water partition coefficient (Wildman–Crippen LogP) is 2.45. The van der Waals surface area contributed by atoms with Crippen LogP contribution in [-0.4, -0.2) is 59.8 Å². The van der Waals surface area contributed by atoms with Crippen LogP contribution in [0.25, 0.3) is 28.3 Å². The molecule has 0 unspecified atom stereocenters. The highest BCUT2D eigenvalue weighted by Crippen LogP contribution is 2.30. The number of nitrogens with zero attached hydrogens (tertiary/aromatic N) is 7. The third kappa shape index (κ3) is 3.79. The summed E-state index contributed by atoms with van der Waals surface area (Å²) in [6.07, 6.45) is 7.26. The van der Waals surface area contributed by atoms with Gasteiger partial charge >= 0.3 is 0 Å². The second kappa shape index (κ2) is 7.59. The summed E-state index contributed by atoms with van der Waals surface area (Å²) in [5.41, 5.74) is 3.42. The van der Waals surface area contributed by atoms with Crippen LogP contribution in [0.1, 0.15) is 19.5 Å². The molecule has 0 spiro atoms. The molecule has 1 fully saturated rings. The fourth-order valence-corrected chi connectivity index (χ4v) is 4.10. The average Bonchev–Trinajstić information content (AvgIpc) is 3.12. The monoisotopic (exact) mass is 416 g/mol. The van der Waals surface area contributed by atoms with Crippen molar-refractivity contribution in [2.75, 3.05) is 18.0 Å². The van der Waals surface area contributed by atoms with Crippen LogP contribution >= 0.6 is 0 Å². The molecule has 0 radical (unpaired) electrons. The van der Waals surface area contributed by atoms with Gasteiger partial charge < -0.3 is 15.3 Å². The number of imidazole rings is 1. The molecule has 4 aromatic heterocycles. The van der Waals surface area contributed by atoms with E-state index in [-0.39, 0.29) is 5.75 Å². The van der Waals surface area contributed by atoms with Gasteiger partial charge in [-0.25, -0.2) is 15.0 Å². The third-order valence-corrected chi connectivity index (χ3v) is 5.41. The lowest BCUT2D eigenvalue weighted by molar-refractivity contribution is 0.404. The van der Waals surface area contributed by atoms with Gasteiger partial charge in [0.1, 0.15) is 17.1 Å². The summed E-state index contributed by atoms with van der Waals surface area (Å²) in [5.74, 6) is 1.51. The van der Waals surface area contributed by atoms with Crippen LogP contribution in [0.5, 0.6) is 5.75 Å². The Balaban J connectivity index is 1.40. The van der Waals surface area contributed by atoms with E-state index in [9.17, 15) is 5.11 Å². The Morgan fingerprint density at radius 2 is 1.77 bits per heavy atom. The van der Waals surface area contributed by atoms with E-state index in [1.165, 1.54) is 0 Å². The number of pyridine rings is 1. The van der Waals surface area contributed by atoms with Crippen LogP contribution in [0.2, 0.25) is 0 Å². The topological polar surface area (TPSA) is 104 Å². The van der Waals surface area contributed by atoms with Gasteiger partial charge in [-0.15, -0.1) is 10.2 Å². The van der Waals surface area contributed by atoms with Crippen molar-refractivity contribution in [3.05, 3.63) is 48.7 Å². The molecule has 31 heavy (non-hydrogen) atoms. The Labute approximate surface area is 179 Å². The summed E-state index contributed by atoms with van der Waals surface area (Å²) in [7, 11) is 0. The molecule has 5 heterocycles. The van der Waals surface area contributed by atoms with Gasteiger partial charge in [0.2, 0.25) is 5.78 Å². The van der Waals surface area contributed by atoms with Crippen LogP contribution in [0.4, 0.5) is 5.82 Å². The van der Waals surface area contributed by atoms with Gasteiger partial charge in [0.25, 0.3) is 0 Å². The van der Waals surface area contributed by atoms with E-state index >= 15 is 0 Å². The Kier molecular flexibility index (Phi) is 4.74. The first-order valence-corrected chi connectivity index (χ1v) is 10.3. The Morgan fingerprint density at radius 3 is 2.48 bits per heavy atom. The molecule has 0 aromatic carbocycles. The maximum Gasteiger partial charge on any atom is 0.233 e. The summed E-state index contributed by atoms with van der Waals surface area (Å²) in [4.78, 5) is 15.4. The Morgan fingerprint density at radius 1 is 1.00 bits per heavy atom. The minimum atomic E-state index is 0.0471. The molecular formula is C22H24N8O. The summed E-state index contributed by atoms with van der Waals surface area (Å²) in [6, 6.07) is 6.24. The second-order valence-corrected chi connectivity index (χ2v) is 8.17.